The molecule has 0 bridgehead atoms. The van der Waals surface area contributed by atoms with Crippen LogP contribution in [-0.2, 0) is 5.54 Å². The summed E-state index contributed by atoms with van der Waals surface area (Å²) in [6.07, 6.45) is 6.85. The SMILES string of the molecule is O=C(NC1(c2noc(C3CC3)n2)CCCC1)c1ccnc(C(=O)O)c1. The molecule has 1 amide bonds. The Hall–Kier alpha value is -2.77. The number of nitrogens with zero attached hydrogens (tertiary/aromatic N) is 3. The van der Waals surface area contributed by atoms with Gasteiger partial charge < -0.3 is 14.9 Å². The van der Waals surface area contributed by atoms with Crippen LogP contribution in [0.25, 0.3) is 0 Å². The summed E-state index contributed by atoms with van der Waals surface area (Å²) in [4.78, 5) is 32.0. The maximum absolute atomic E-state index is 12.7. The summed E-state index contributed by atoms with van der Waals surface area (Å²) >= 11 is 0. The Kier molecular flexibility index (Phi) is 3.74. The van der Waals surface area contributed by atoms with Gasteiger partial charge in [0.25, 0.3) is 5.91 Å². The highest BCUT2D eigenvalue weighted by atomic mass is 16.5. The van der Waals surface area contributed by atoms with Crippen LogP contribution >= 0.6 is 0 Å². The largest absolute Gasteiger partial charge is 0.477 e. The van der Waals surface area contributed by atoms with E-state index in [4.69, 9.17) is 9.63 Å². The molecule has 0 atom stereocenters. The highest BCUT2D eigenvalue weighted by Crippen LogP contribution is 2.42. The second-order valence-corrected chi connectivity index (χ2v) is 6.71. The summed E-state index contributed by atoms with van der Waals surface area (Å²) in [5.74, 6) is -0.00358. The molecule has 8 heteroatoms. The second kappa shape index (κ2) is 5.94. The number of carbonyl (C=O) groups excluding carboxylic acids is 1. The number of hydrogen-bond acceptors (Lipinski definition) is 6. The molecule has 2 aromatic rings. The summed E-state index contributed by atoms with van der Waals surface area (Å²) in [5, 5.41) is 16.2. The Morgan fingerprint density at radius 2 is 2.04 bits per heavy atom. The number of carboxylic acid groups (broad SMARTS) is 1. The molecule has 2 heterocycles. The number of amides is 1. The van der Waals surface area contributed by atoms with E-state index < -0.39 is 11.5 Å². The fourth-order valence-electron chi connectivity index (χ4n) is 3.29. The predicted molar refractivity (Wildman–Crippen MR) is 85.1 cm³/mol. The average molecular weight is 342 g/mol. The third kappa shape index (κ3) is 2.99. The second-order valence-electron chi connectivity index (χ2n) is 6.71. The number of nitrogens with one attached hydrogen (secondary N) is 1. The summed E-state index contributed by atoms with van der Waals surface area (Å²) in [5.41, 5.74) is -0.561. The fraction of sp³-hybridized carbons (Fsp3) is 0.471. The van der Waals surface area contributed by atoms with Crippen molar-refractivity contribution >= 4 is 11.9 Å². The van der Waals surface area contributed by atoms with E-state index in [0.717, 1.165) is 38.5 Å². The number of aromatic carboxylic acids is 1. The molecule has 25 heavy (non-hydrogen) atoms. The number of pyridine rings is 1. The van der Waals surface area contributed by atoms with Crippen LogP contribution in [0.4, 0.5) is 0 Å². The molecular weight excluding hydrogens is 324 g/mol. The van der Waals surface area contributed by atoms with E-state index in [1.807, 2.05) is 0 Å². The van der Waals surface area contributed by atoms with Crippen molar-refractivity contribution in [2.75, 3.05) is 0 Å². The predicted octanol–water partition coefficient (Wildman–Crippen LogP) is 2.24. The van der Waals surface area contributed by atoms with E-state index in [-0.39, 0.29) is 17.2 Å². The van der Waals surface area contributed by atoms with Gasteiger partial charge in [0.2, 0.25) is 5.89 Å². The van der Waals surface area contributed by atoms with Gasteiger partial charge in [-0.15, -0.1) is 0 Å². The monoisotopic (exact) mass is 342 g/mol. The van der Waals surface area contributed by atoms with Crippen molar-refractivity contribution in [3.63, 3.8) is 0 Å². The lowest BCUT2D eigenvalue weighted by atomic mass is 9.96. The molecule has 2 aliphatic carbocycles. The Labute approximate surface area is 143 Å². The molecule has 8 nitrogen and oxygen atoms in total. The number of rotatable bonds is 5. The molecule has 0 saturated heterocycles. The van der Waals surface area contributed by atoms with Crippen LogP contribution < -0.4 is 5.32 Å². The van der Waals surface area contributed by atoms with Crippen molar-refractivity contribution in [2.24, 2.45) is 0 Å². The summed E-state index contributed by atoms with van der Waals surface area (Å²) < 4.78 is 5.36. The third-order valence-corrected chi connectivity index (χ3v) is 4.85. The van der Waals surface area contributed by atoms with Crippen LogP contribution in [0.3, 0.4) is 0 Å². The summed E-state index contributed by atoms with van der Waals surface area (Å²) in [6.45, 7) is 0. The van der Waals surface area contributed by atoms with Crippen LogP contribution in [0, 0.1) is 0 Å². The van der Waals surface area contributed by atoms with Gasteiger partial charge in [-0.3, -0.25) is 4.79 Å². The van der Waals surface area contributed by atoms with Crippen molar-refractivity contribution in [1.82, 2.24) is 20.4 Å². The van der Waals surface area contributed by atoms with Gasteiger partial charge in [0, 0.05) is 17.7 Å². The highest BCUT2D eigenvalue weighted by molar-refractivity contribution is 5.97. The first-order valence-electron chi connectivity index (χ1n) is 8.43. The van der Waals surface area contributed by atoms with Gasteiger partial charge in [-0.1, -0.05) is 18.0 Å². The first kappa shape index (κ1) is 15.7. The Balaban J connectivity index is 1.59. The maximum atomic E-state index is 12.7. The Bertz CT molecular complexity index is 822. The fourth-order valence-corrected chi connectivity index (χ4v) is 3.29. The van der Waals surface area contributed by atoms with Gasteiger partial charge in [0.15, 0.2) is 5.82 Å². The van der Waals surface area contributed by atoms with Crippen molar-refractivity contribution in [2.45, 2.75) is 50.0 Å². The molecule has 2 aromatic heterocycles. The lowest BCUT2D eigenvalue weighted by molar-refractivity contribution is 0.0690. The minimum Gasteiger partial charge on any atom is -0.477 e. The molecule has 4 rings (SSSR count). The Morgan fingerprint density at radius 3 is 2.72 bits per heavy atom. The first-order valence-corrected chi connectivity index (χ1v) is 8.43. The average Bonchev–Trinajstić information content (AvgIpc) is 3.15. The van der Waals surface area contributed by atoms with Crippen LogP contribution in [-0.4, -0.2) is 32.1 Å². The molecule has 0 radical (unpaired) electrons. The molecule has 0 aliphatic heterocycles. The summed E-state index contributed by atoms with van der Waals surface area (Å²) in [7, 11) is 0. The molecule has 2 fully saturated rings. The van der Waals surface area contributed by atoms with E-state index >= 15 is 0 Å². The number of aromatic nitrogens is 3. The van der Waals surface area contributed by atoms with Gasteiger partial charge >= 0.3 is 5.97 Å². The van der Waals surface area contributed by atoms with Crippen LogP contribution in [0.5, 0.6) is 0 Å². The molecule has 0 spiro atoms. The number of hydrogen-bond donors (Lipinski definition) is 2. The van der Waals surface area contributed by atoms with Crippen LogP contribution in [0.1, 0.15) is 77.0 Å². The van der Waals surface area contributed by atoms with E-state index in [2.05, 4.69) is 20.4 Å². The molecule has 2 N–H and O–H groups in total. The molecular formula is C17H18N4O4. The van der Waals surface area contributed by atoms with Gasteiger partial charge in [0.05, 0.1) is 0 Å². The number of carboxylic acids is 1. The number of carbonyl (C=O) groups is 2. The van der Waals surface area contributed by atoms with Gasteiger partial charge in [-0.2, -0.15) is 4.98 Å². The standard InChI is InChI=1S/C17H18N4O4/c22-13(11-5-8-18-12(9-11)15(23)24)20-17(6-1-2-7-17)16-19-14(25-21-16)10-3-4-10/h5,8-10H,1-4,6-7H2,(H,20,22)(H,23,24). The van der Waals surface area contributed by atoms with E-state index in [1.54, 1.807) is 0 Å². The first-order chi connectivity index (χ1) is 12.1. The lowest BCUT2D eigenvalue weighted by Gasteiger charge is -2.26. The van der Waals surface area contributed by atoms with Crippen molar-refractivity contribution < 1.29 is 19.2 Å². The quantitative estimate of drug-likeness (QED) is 0.855. The maximum Gasteiger partial charge on any atom is 0.354 e. The summed E-state index contributed by atoms with van der Waals surface area (Å²) in [6, 6.07) is 2.77. The van der Waals surface area contributed by atoms with Crippen molar-refractivity contribution in [1.29, 1.82) is 0 Å². The molecule has 0 aromatic carbocycles. The van der Waals surface area contributed by atoms with Crippen molar-refractivity contribution in [3.05, 3.63) is 41.3 Å². The topological polar surface area (TPSA) is 118 Å². The van der Waals surface area contributed by atoms with E-state index in [0.29, 0.717) is 17.6 Å². The van der Waals surface area contributed by atoms with Gasteiger partial charge in [0.1, 0.15) is 11.2 Å². The van der Waals surface area contributed by atoms with Crippen LogP contribution in [0.2, 0.25) is 0 Å². The minimum absolute atomic E-state index is 0.163. The van der Waals surface area contributed by atoms with E-state index in [1.165, 1.54) is 18.3 Å². The molecule has 2 saturated carbocycles. The zero-order valence-electron chi connectivity index (χ0n) is 13.6. The Morgan fingerprint density at radius 1 is 1.28 bits per heavy atom. The van der Waals surface area contributed by atoms with E-state index in [9.17, 15) is 9.59 Å². The van der Waals surface area contributed by atoms with Crippen molar-refractivity contribution in [3.8, 4) is 0 Å². The minimum atomic E-state index is -1.17. The lowest BCUT2D eigenvalue weighted by Crippen LogP contribution is -2.44. The smallest absolute Gasteiger partial charge is 0.354 e. The third-order valence-electron chi connectivity index (χ3n) is 4.85. The molecule has 0 unspecified atom stereocenters. The van der Waals surface area contributed by atoms with Gasteiger partial charge in [-0.25, -0.2) is 9.78 Å². The van der Waals surface area contributed by atoms with Crippen LogP contribution in [0.15, 0.2) is 22.9 Å². The van der Waals surface area contributed by atoms with Gasteiger partial charge in [-0.05, 0) is 37.8 Å². The zero-order valence-corrected chi connectivity index (χ0v) is 13.6. The highest BCUT2D eigenvalue weighted by Gasteiger charge is 2.42. The normalized spacial score (nSPS) is 18.9. The molecule has 2 aliphatic rings. The zero-order chi connectivity index (χ0) is 17.4. The molecule has 130 valence electrons.